The van der Waals surface area contributed by atoms with Crippen molar-refractivity contribution in [1.29, 1.82) is 0 Å². The lowest BCUT2D eigenvalue weighted by molar-refractivity contribution is 0.340. The van der Waals surface area contributed by atoms with Crippen LogP contribution in [0.2, 0.25) is 0 Å². The maximum atomic E-state index is 5.69. The summed E-state index contributed by atoms with van der Waals surface area (Å²) in [6.45, 7) is 6.64. The van der Waals surface area contributed by atoms with E-state index in [9.17, 15) is 0 Å². The van der Waals surface area contributed by atoms with Gasteiger partial charge >= 0.3 is 0 Å². The van der Waals surface area contributed by atoms with Gasteiger partial charge in [-0.15, -0.1) is 12.4 Å². The van der Waals surface area contributed by atoms with Crippen LogP contribution in [0.1, 0.15) is 25.8 Å². The number of nitrogens with two attached hydrogens (primary N) is 1. The third kappa shape index (κ3) is 3.43. The average Bonchev–Trinajstić information content (AvgIpc) is 2.69. The number of hydrogen-bond donors (Lipinski definition) is 1. The van der Waals surface area contributed by atoms with Crippen LogP contribution in [-0.2, 0) is 13.0 Å². The first-order valence-electron chi connectivity index (χ1n) is 6.74. The first-order chi connectivity index (χ1) is 8.80. The maximum Gasteiger partial charge on any atom is 0.120 e. The van der Waals surface area contributed by atoms with Crippen molar-refractivity contribution < 1.29 is 4.74 Å². The monoisotopic (exact) mass is 282 g/mol. The largest absolute Gasteiger partial charge is 0.494 e. The van der Waals surface area contributed by atoms with E-state index in [0.29, 0.717) is 13.2 Å². The van der Waals surface area contributed by atoms with Crippen LogP contribution in [0.3, 0.4) is 0 Å². The zero-order valence-corrected chi connectivity index (χ0v) is 12.5. The van der Waals surface area contributed by atoms with E-state index >= 15 is 0 Å². The molecule has 3 nitrogen and oxygen atoms in total. The Labute approximate surface area is 121 Å². The van der Waals surface area contributed by atoms with E-state index < -0.39 is 0 Å². The van der Waals surface area contributed by atoms with Gasteiger partial charge in [0.2, 0.25) is 0 Å². The number of halogens is 1. The van der Waals surface area contributed by atoms with E-state index in [1.54, 1.807) is 0 Å². The molecule has 1 aromatic heterocycles. The smallest absolute Gasteiger partial charge is 0.120 e. The van der Waals surface area contributed by atoms with Crippen molar-refractivity contribution in [3.63, 3.8) is 0 Å². The molecular weight excluding hydrogens is 260 g/mol. The van der Waals surface area contributed by atoms with Crippen molar-refractivity contribution >= 4 is 23.3 Å². The van der Waals surface area contributed by atoms with E-state index in [2.05, 4.69) is 29.8 Å². The summed E-state index contributed by atoms with van der Waals surface area (Å²) in [7, 11) is 0. The van der Waals surface area contributed by atoms with Crippen LogP contribution in [0.5, 0.6) is 5.75 Å². The summed E-state index contributed by atoms with van der Waals surface area (Å²) in [5, 5.41) is 1.28. The fourth-order valence-corrected chi connectivity index (χ4v) is 2.39. The minimum Gasteiger partial charge on any atom is -0.494 e. The molecule has 2 N–H and O–H groups in total. The molecule has 0 aliphatic rings. The number of benzene rings is 1. The van der Waals surface area contributed by atoms with Gasteiger partial charge in [-0.25, -0.2) is 0 Å². The van der Waals surface area contributed by atoms with Crippen LogP contribution in [-0.4, -0.2) is 17.7 Å². The predicted molar refractivity (Wildman–Crippen MR) is 83.4 cm³/mol. The molecule has 106 valence electrons. The van der Waals surface area contributed by atoms with Crippen LogP contribution in [0, 0.1) is 0 Å². The van der Waals surface area contributed by atoms with Gasteiger partial charge in [0.25, 0.3) is 0 Å². The molecular formula is C15H23ClN2O. The van der Waals surface area contributed by atoms with E-state index in [0.717, 1.165) is 25.1 Å². The fourth-order valence-electron chi connectivity index (χ4n) is 2.39. The second-order valence-corrected chi connectivity index (χ2v) is 4.50. The Morgan fingerprint density at radius 3 is 2.68 bits per heavy atom. The molecule has 0 radical (unpaired) electrons. The van der Waals surface area contributed by atoms with E-state index in [-0.39, 0.29) is 12.4 Å². The maximum absolute atomic E-state index is 5.69. The highest BCUT2D eigenvalue weighted by Crippen LogP contribution is 2.26. The highest BCUT2D eigenvalue weighted by Gasteiger charge is 2.08. The lowest BCUT2D eigenvalue weighted by Crippen LogP contribution is -2.02. The normalized spacial score (nSPS) is 10.5. The van der Waals surface area contributed by atoms with Crippen molar-refractivity contribution in [3.8, 4) is 5.75 Å². The van der Waals surface area contributed by atoms with Gasteiger partial charge in [0.1, 0.15) is 5.75 Å². The number of hydrogen-bond acceptors (Lipinski definition) is 2. The Hall–Kier alpha value is -1.19. The summed E-state index contributed by atoms with van der Waals surface area (Å²) >= 11 is 0. The Balaban J connectivity index is 0.00000180. The SMILES string of the molecule is CCCn1cc(CCN)c2cc(OCC)ccc21.Cl. The molecule has 0 saturated heterocycles. The molecule has 0 amide bonds. The van der Waals surface area contributed by atoms with E-state index in [1.807, 2.05) is 13.0 Å². The quantitative estimate of drug-likeness (QED) is 0.882. The average molecular weight is 283 g/mol. The first-order valence-corrected chi connectivity index (χ1v) is 6.74. The minimum atomic E-state index is 0. The van der Waals surface area contributed by atoms with E-state index in [1.165, 1.54) is 16.5 Å². The second-order valence-electron chi connectivity index (χ2n) is 4.50. The molecule has 0 fully saturated rings. The van der Waals surface area contributed by atoms with Crippen LogP contribution >= 0.6 is 12.4 Å². The van der Waals surface area contributed by atoms with Crippen molar-refractivity contribution in [3.05, 3.63) is 30.0 Å². The molecule has 0 unspecified atom stereocenters. The molecule has 0 saturated carbocycles. The van der Waals surface area contributed by atoms with Crippen molar-refractivity contribution in [2.24, 2.45) is 5.73 Å². The molecule has 0 aliphatic carbocycles. The lowest BCUT2D eigenvalue weighted by atomic mass is 10.1. The zero-order valence-electron chi connectivity index (χ0n) is 11.7. The Morgan fingerprint density at radius 1 is 1.26 bits per heavy atom. The number of fused-ring (bicyclic) bond motifs is 1. The van der Waals surface area contributed by atoms with Crippen LogP contribution in [0.25, 0.3) is 10.9 Å². The highest BCUT2D eigenvalue weighted by atomic mass is 35.5. The topological polar surface area (TPSA) is 40.2 Å². The third-order valence-electron chi connectivity index (χ3n) is 3.12. The zero-order chi connectivity index (χ0) is 13.0. The van der Waals surface area contributed by atoms with Crippen molar-refractivity contribution in [1.82, 2.24) is 4.57 Å². The first kappa shape index (κ1) is 15.9. The summed E-state index contributed by atoms with van der Waals surface area (Å²) < 4.78 is 7.89. The molecule has 0 aliphatic heterocycles. The lowest BCUT2D eigenvalue weighted by Gasteiger charge is -2.05. The number of aryl methyl sites for hydroxylation is 1. The molecule has 2 rings (SSSR count). The Kier molecular flexibility index (Phi) is 6.19. The summed E-state index contributed by atoms with van der Waals surface area (Å²) in [5.41, 5.74) is 8.29. The van der Waals surface area contributed by atoms with Gasteiger partial charge in [0, 0.05) is 23.6 Å². The van der Waals surface area contributed by atoms with Crippen molar-refractivity contribution in [2.75, 3.05) is 13.2 Å². The molecule has 0 atom stereocenters. The molecule has 0 bridgehead atoms. The molecule has 4 heteroatoms. The number of aromatic nitrogens is 1. The van der Waals surface area contributed by atoms with Gasteiger partial charge in [0.05, 0.1) is 6.61 Å². The summed E-state index contributed by atoms with van der Waals surface area (Å²) in [5.74, 6) is 0.942. The Bertz CT molecular complexity index is 522. The minimum absolute atomic E-state index is 0. The molecule has 19 heavy (non-hydrogen) atoms. The summed E-state index contributed by atoms with van der Waals surface area (Å²) in [6, 6.07) is 6.33. The number of rotatable bonds is 6. The van der Waals surface area contributed by atoms with Crippen LogP contribution < -0.4 is 10.5 Å². The van der Waals surface area contributed by atoms with Crippen LogP contribution in [0.15, 0.2) is 24.4 Å². The number of ether oxygens (including phenoxy) is 1. The highest BCUT2D eigenvalue weighted by molar-refractivity contribution is 5.86. The fraction of sp³-hybridized carbons (Fsp3) is 0.467. The van der Waals surface area contributed by atoms with Gasteiger partial charge in [-0.1, -0.05) is 6.92 Å². The van der Waals surface area contributed by atoms with Gasteiger partial charge in [-0.05, 0) is 50.1 Å². The standard InChI is InChI=1S/C15H22N2O.ClH/c1-3-9-17-11-12(7-8-16)14-10-13(18-4-2)5-6-15(14)17;/h5-6,10-11H,3-4,7-9,16H2,1-2H3;1H. The van der Waals surface area contributed by atoms with Gasteiger partial charge in [0.15, 0.2) is 0 Å². The van der Waals surface area contributed by atoms with Crippen LogP contribution in [0.4, 0.5) is 0 Å². The second kappa shape index (κ2) is 7.41. The van der Waals surface area contributed by atoms with E-state index in [4.69, 9.17) is 10.5 Å². The number of nitrogens with zero attached hydrogens (tertiary/aromatic N) is 1. The Morgan fingerprint density at radius 2 is 2.05 bits per heavy atom. The molecule has 1 aromatic carbocycles. The predicted octanol–water partition coefficient (Wildman–Crippen LogP) is 3.37. The molecule has 1 heterocycles. The summed E-state index contributed by atoms with van der Waals surface area (Å²) in [4.78, 5) is 0. The third-order valence-corrected chi connectivity index (χ3v) is 3.12. The van der Waals surface area contributed by atoms with Gasteiger partial charge < -0.3 is 15.0 Å². The molecule has 2 aromatic rings. The van der Waals surface area contributed by atoms with Crippen molar-refractivity contribution in [2.45, 2.75) is 33.2 Å². The van der Waals surface area contributed by atoms with Gasteiger partial charge in [-0.2, -0.15) is 0 Å². The summed E-state index contributed by atoms with van der Waals surface area (Å²) in [6.07, 6.45) is 4.29. The molecule has 0 spiro atoms. The van der Waals surface area contributed by atoms with Gasteiger partial charge in [-0.3, -0.25) is 0 Å².